The first-order valence-electron chi connectivity index (χ1n) is 8.72. The Balaban J connectivity index is 1.74. The molecule has 2 bridgehead atoms. The van der Waals surface area contributed by atoms with Crippen LogP contribution in [0.2, 0.25) is 0 Å². The molecule has 0 saturated heterocycles. The number of benzene rings is 1. The summed E-state index contributed by atoms with van der Waals surface area (Å²) in [6.45, 7) is 4.03. The lowest BCUT2D eigenvalue weighted by Crippen LogP contribution is -2.48. The highest BCUT2D eigenvalue weighted by Gasteiger charge is 2.50. The van der Waals surface area contributed by atoms with E-state index < -0.39 is 16.7 Å². The van der Waals surface area contributed by atoms with Crippen molar-refractivity contribution >= 4 is 10.1 Å². The average molecular weight is 322 g/mol. The van der Waals surface area contributed by atoms with Gasteiger partial charge in [-0.1, -0.05) is 43.2 Å². The summed E-state index contributed by atoms with van der Waals surface area (Å²) in [5, 5.41) is 0. The molecule has 22 heavy (non-hydrogen) atoms. The van der Waals surface area contributed by atoms with Crippen molar-refractivity contribution in [2.75, 3.05) is 6.56 Å². The molecule has 2 atom stereocenters. The zero-order valence-electron chi connectivity index (χ0n) is 15.3. The van der Waals surface area contributed by atoms with Gasteiger partial charge >= 0.3 is 0 Å². The van der Waals surface area contributed by atoms with Crippen LogP contribution in [0.5, 0.6) is 0 Å². The molecule has 3 aliphatic rings. The van der Waals surface area contributed by atoms with Crippen LogP contribution < -0.4 is 0 Å². The lowest BCUT2D eigenvalue weighted by Gasteiger charge is -2.56. The van der Waals surface area contributed by atoms with E-state index in [4.69, 9.17) is 6.92 Å². The lowest BCUT2D eigenvalue weighted by atomic mass is 9.48. The summed E-state index contributed by atoms with van der Waals surface area (Å²) in [6, 6.07) is 6.24. The van der Waals surface area contributed by atoms with Gasteiger partial charge in [0, 0.05) is 0 Å². The van der Waals surface area contributed by atoms with E-state index in [0.717, 1.165) is 24.0 Å². The predicted octanol–water partition coefficient (Wildman–Crippen LogP) is 4.08. The van der Waals surface area contributed by atoms with Gasteiger partial charge in [0.15, 0.2) is 0 Å². The Bertz CT molecular complexity index is 764. The maximum atomic E-state index is 12.3. The number of hydrogen-bond donors (Lipinski definition) is 0. The van der Waals surface area contributed by atoms with E-state index >= 15 is 0 Å². The van der Waals surface area contributed by atoms with Crippen molar-refractivity contribution in [1.82, 2.24) is 0 Å². The topological polar surface area (TPSA) is 43.4 Å². The minimum atomic E-state index is -4.12. The average Bonchev–Trinajstić information content (AvgIpc) is 2.45. The SMILES string of the molecule is [2H]C([2H])(CC1=CCC2CC1C2(C)C)OS(=O)(=O)c1ccc(C)cc1. The van der Waals surface area contributed by atoms with Crippen molar-refractivity contribution in [2.45, 2.75) is 44.9 Å². The molecule has 4 rings (SSSR count). The molecule has 3 aliphatic carbocycles. The molecular formula is C18H24O3S. The van der Waals surface area contributed by atoms with Crippen molar-refractivity contribution in [3.8, 4) is 0 Å². The molecule has 1 saturated carbocycles. The van der Waals surface area contributed by atoms with Crippen molar-refractivity contribution in [1.29, 1.82) is 0 Å². The predicted molar refractivity (Wildman–Crippen MR) is 87.0 cm³/mol. The first-order valence-corrected chi connectivity index (χ1v) is 9.13. The van der Waals surface area contributed by atoms with Crippen LogP contribution in [0.25, 0.3) is 0 Å². The first-order chi connectivity index (χ1) is 11.0. The molecule has 0 aliphatic heterocycles. The summed E-state index contributed by atoms with van der Waals surface area (Å²) in [7, 11) is -4.12. The quantitative estimate of drug-likeness (QED) is 0.606. The molecule has 1 aromatic rings. The summed E-state index contributed by atoms with van der Waals surface area (Å²) >= 11 is 0. The lowest BCUT2D eigenvalue weighted by molar-refractivity contribution is -0.00910. The standard InChI is InChI=1S/C18H24O3S/c1-13-4-8-16(9-5-13)22(19,20)21-11-10-14-6-7-15-12-17(14)18(15,2)3/h4-6,8-9,15,17H,7,10-12H2,1-3H3/i11D2. The van der Waals surface area contributed by atoms with Gasteiger partial charge < -0.3 is 0 Å². The van der Waals surface area contributed by atoms with Crippen molar-refractivity contribution in [3.05, 3.63) is 41.5 Å². The number of hydrogen-bond acceptors (Lipinski definition) is 3. The van der Waals surface area contributed by atoms with E-state index in [1.807, 2.05) is 6.92 Å². The zero-order valence-corrected chi connectivity index (χ0v) is 14.1. The van der Waals surface area contributed by atoms with E-state index in [1.165, 1.54) is 12.1 Å². The highest BCUT2D eigenvalue weighted by Crippen LogP contribution is 2.59. The first kappa shape index (κ1) is 13.3. The third-order valence-electron chi connectivity index (χ3n) is 5.34. The highest BCUT2D eigenvalue weighted by atomic mass is 32.2. The molecule has 4 heteroatoms. The second kappa shape index (κ2) is 5.50. The maximum absolute atomic E-state index is 12.3. The third kappa shape index (κ3) is 2.74. The fourth-order valence-electron chi connectivity index (χ4n) is 3.62. The summed E-state index contributed by atoms with van der Waals surface area (Å²) in [5.74, 6) is 0.992. The van der Waals surface area contributed by atoms with E-state index in [9.17, 15) is 8.42 Å². The monoisotopic (exact) mass is 322 g/mol. The summed E-state index contributed by atoms with van der Waals surface area (Å²) in [5.41, 5.74) is 2.11. The van der Waals surface area contributed by atoms with Gasteiger partial charge in [0.1, 0.15) is 0 Å². The summed E-state index contributed by atoms with van der Waals surface area (Å²) in [6.07, 6.45) is 4.09. The molecule has 0 amide bonds. The van der Waals surface area contributed by atoms with Crippen LogP contribution in [0, 0.1) is 24.2 Å². The molecule has 0 heterocycles. The van der Waals surface area contributed by atoms with Crippen molar-refractivity contribution in [3.63, 3.8) is 0 Å². The zero-order chi connectivity index (χ0) is 17.8. The Morgan fingerprint density at radius 2 is 2.00 bits per heavy atom. The maximum Gasteiger partial charge on any atom is 0.296 e. The second-order valence-electron chi connectivity index (χ2n) is 6.99. The van der Waals surface area contributed by atoms with E-state index in [-0.39, 0.29) is 16.7 Å². The third-order valence-corrected chi connectivity index (χ3v) is 6.52. The Hall–Kier alpha value is -1.13. The number of allylic oxidation sites excluding steroid dienone is 1. The van der Waals surface area contributed by atoms with Gasteiger partial charge in [-0.3, -0.25) is 4.18 Å². The second-order valence-corrected chi connectivity index (χ2v) is 8.54. The van der Waals surface area contributed by atoms with Gasteiger partial charge in [-0.25, -0.2) is 0 Å². The summed E-state index contributed by atoms with van der Waals surface area (Å²) < 4.78 is 45.8. The molecular weight excluding hydrogens is 296 g/mol. The molecule has 1 aromatic carbocycles. The van der Waals surface area contributed by atoms with Crippen molar-refractivity contribution < 1.29 is 15.3 Å². The smallest absolute Gasteiger partial charge is 0.266 e. The molecule has 0 aromatic heterocycles. The van der Waals surface area contributed by atoms with Crippen LogP contribution in [0.15, 0.2) is 40.8 Å². The fraction of sp³-hybridized carbons (Fsp3) is 0.556. The van der Waals surface area contributed by atoms with Crippen LogP contribution in [-0.2, 0) is 14.3 Å². The van der Waals surface area contributed by atoms with Crippen LogP contribution in [0.1, 0.15) is 41.4 Å². The Kier molecular flexibility index (Phi) is 3.33. The van der Waals surface area contributed by atoms with E-state index in [0.29, 0.717) is 11.8 Å². The molecule has 120 valence electrons. The Morgan fingerprint density at radius 1 is 1.32 bits per heavy atom. The van der Waals surface area contributed by atoms with Crippen LogP contribution >= 0.6 is 0 Å². The van der Waals surface area contributed by atoms with E-state index in [1.54, 1.807) is 12.1 Å². The largest absolute Gasteiger partial charge is 0.296 e. The minimum absolute atomic E-state index is 0.00108. The van der Waals surface area contributed by atoms with Crippen LogP contribution in [-0.4, -0.2) is 15.0 Å². The van der Waals surface area contributed by atoms with Gasteiger partial charge in [0.2, 0.25) is 0 Å². The molecule has 0 spiro atoms. The molecule has 2 unspecified atom stereocenters. The highest BCUT2D eigenvalue weighted by molar-refractivity contribution is 7.86. The molecule has 0 radical (unpaired) electrons. The number of aryl methyl sites for hydroxylation is 1. The van der Waals surface area contributed by atoms with Crippen LogP contribution in [0.3, 0.4) is 0 Å². The molecule has 3 nitrogen and oxygen atoms in total. The summed E-state index contributed by atoms with van der Waals surface area (Å²) in [4.78, 5) is -0.0152. The van der Waals surface area contributed by atoms with E-state index in [2.05, 4.69) is 19.9 Å². The van der Waals surface area contributed by atoms with Gasteiger partial charge in [0.05, 0.1) is 14.2 Å². The fourth-order valence-corrected chi connectivity index (χ4v) is 4.40. The van der Waals surface area contributed by atoms with Gasteiger partial charge in [-0.2, -0.15) is 8.42 Å². The Morgan fingerprint density at radius 3 is 2.59 bits per heavy atom. The van der Waals surface area contributed by atoms with Gasteiger partial charge in [0.25, 0.3) is 10.1 Å². The molecule has 1 fully saturated rings. The van der Waals surface area contributed by atoms with Gasteiger partial charge in [-0.05, 0) is 55.6 Å². The number of fused-ring (bicyclic) bond motifs is 1. The van der Waals surface area contributed by atoms with Gasteiger partial charge in [-0.15, -0.1) is 0 Å². The number of rotatable bonds is 5. The molecule has 0 N–H and O–H groups in total. The normalized spacial score (nSPS) is 28.2. The Labute approximate surface area is 136 Å². The minimum Gasteiger partial charge on any atom is -0.266 e. The van der Waals surface area contributed by atoms with Crippen molar-refractivity contribution in [2.24, 2.45) is 17.3 Å². The van der Waals surface area contributed by atoms with Crippen LogP contribution in [0.4, 0.5) is 0 Å².